The summed E-state index contributed by atoms with van der Waals surface area (Å²) in [4.78, 5) is 5.34. The van der Waals surface area contributed by atoms with Gasteiger partial charge in [0.15, 0.2) is 0 Å². The van der Waals surface area contributed by atoms with Crippen molar-refractivity contribution in [3.63, 3.8) is 0 Å². The topological polar surface area (TPSA) is 15.7 Å². The second-order valence-corrected chi connectivity index (χ2v) is 7.70. The molecule has 0 radical (unpaired) electrons. The third-order valence-corrected chi connectivity index (χ3v) is 5.27. The van der Waals surface area contributed by atoms with Crippen molar-refractivity contribution in [1.29, 1.82) is 0 Å². The van der Waals surface area contributed by atoms with Gasteiger partial charge in [-0.15, -0.1) is 0 Å². The van der Waals surface area contributed by atoms with Gasteiger partial charge in [-0.3, -0.25) is 0 Å². The van der Waals surface area contributed by atoms with Crippen LogP contribution in [0.15, 0.2) is 0 Å². The lowest BCUT2D eigenvalue weighted by molar-refractivity contribution is 0.0263. The smallest absolute Gasteiger partial charge is 0.0519 e. The molecule has 2 saturated heterocycles. The van der Waals surface area contributed by atoms with Gasteiger partial charge in [0.25, 0.3) is 0 Å². The third-order valence-electron chi connectivity index (χ3n) is 5.27. The van der Waals surface area contributed by atoms with Crippen LogP contribution >= 0.6 is 0 Å². The second-order valence-electron chi connectivity index (χ2n) is 7.70. The molecule has 0 spiro atoms. The summed E-state index contributed by atoms with van der Waals surface area (Å²) in [6.07, 6.45) is 5.84. The van der Waals surface area contributed by atoms with Crippen LogP contribution < -0.4 is 0 Å². The molecule has 0 amide bonds. The van der Waals surface area contributed by atoms with Gasteiger partial charge < -0.3 is 14.5 Å². The van der Waals surface area contributed by atoms with Crippen LogP contribution in [0, 0.1) is 11.8 Å². The first-order valence-electron chi connectivity index (χ1n) is 9.12. The molecule has 21 heavy (non-hydrogen) atoms. The highest BCUT2D eigenvalue weighted by Crippen LogP contribution is 2.23. The lowest BCUT2D eigenvalue weighted by Gasteiger charge is -2.38. The zero-order chi connectivity index (χ0) is 15.2. The normalized spacial score (nSPS) is 24.3. The van der Waals surface area contributed by atoms with Crippen LogP contribution in [0.5, 0.6) is 0 Å². The molecular formula is C18H36N2O. The van der Waals surface area contributed by atoms with Gasteiger partial charge in [0.2, 0.25) is 0 Å². The summed E-state index contributed by atoms with van der Waals surface area (Å²) in [5, 5.41) is 0. The van der Waals surface area contributed by atoms with Crippen molar-refractivity contribution in [2.45, 2.75) is 65.5 Å². The first-order valence-corrected chi connectivity index (χ1v) is 9.12. The van der Waals surface area contributed by atoms with Crippen LogP contribution in [-0.2, 0) is 4.74 Å². The van der Waals surface area contributed by atoms with Gasteiger partial charge in [-0.2, -0.15) is 0 Å². The Bertz CT molecular complexity index is 277. The van der Waals surface area contributed by atoms with Crippen molar-refractivity contribution in [3.05, 3.63) is 0 Å². The zero-order valence-corrected chi connectivity index (χ0v) is 14.7. The Morgan fingerprint density at radius 3 is 1.95 bits per heavy atom. The maximum Gasteiger partial charge on any atom is 0.0519 e. The van der Waals surface area contributed by atoms with Gasteiger partial charge in [-0.05, 0) is 91.4 Å². The number of ether oxygens (including phenoxy) is 1. The van der Waals surface area contributed by atoms with E-state index in [2.05, 4.69) is 37.5 Å². The Morgan fingerprint density at radius 1 is 0.857 bits per heavy atom. The highest BCUT2D eigenvalue weighted by molar-refractivity contribution is 4.79. The standard InChI is InChI=1S/C18H36N2O/c1-15(2)20-11-7-17(8-12-20)13-19-9-5-18(6-10-19)14-21-16(3)4/h15-18H,5-14H2,1-4H3. The van der Waals surface area contributed by atoms with Crippen molar-refractivity contribution in [1.82, 2.24) is 9.80 Å². The summed E-state index contributed by atoms with van der Waals surface area (Å²) in [6.45, 7) is 16.4. The van der Waals surface area contributed by atoms with E-state index in [1.807, 2.05) is 0 Å². The fourth-order valence-electron chi connectivity index (χ4n) is 3.68. The van der Waals surface area contributed by atoms with E-state index in [0.29, 0.717) is 6.10 Å². The average molecular weight is 296 g/mol. The van der Waals surface area contributed by atoms with Crippen molar-refractivity contribution in [2.75, 3.05) is 39.3 Å². The molecule has 2 heterocycles. The van der Waals surface area contributed by atoms with E-state index in [-0.39, 0.29) is 0 Å². The molecule has 2 fully saturated rings. The fourth-order valence-corrected chi connectivity index (χ4v) is 3.68. The maximum absolute atomic E-state index is 5.78. The number of rotatable bonds is 6. The first kappa shape index (κ1) is 17.2. The summed E-state index contributed by atoms with van der Waals surface area (Å²) < 4.78 is 5.78. The van der Waals surface area contributed by atoms with Gasteiger partial charge >= 0.3 is 0 Å². The highest BCUT2D eigenvalue weighted by atomic mass is 16.5. The Balaban J connectivity index is 1.61. The van der Waals surface area contributed by atoms with Crippen LogP contribution in [0.1, 0.15) is 53.4 Å². The lowest BCUT2D eigenvalue weighted by atomic mass is 9.92. The third kappa shape index (κ3) is 5.88. The molecule has 0 saturated carbocycles. The molecule has 3 heteroatoms. The molecule has 124 valence electrons. The van der Waals surface area contributed by atoms with E-state index in [1.54, 1.807) is 0 Å². The molecule has 0 N–H and O–H groups in total. The predicted molar refractivity (Wildman–Crippen MR) is 89.7 cm³/mol. The Morgan fingerprint density at radius 2 is 1.43 bits per heavy atom. The lowest BCUT2D eigenvalue weighted by Crippen LogP contribution is -2.43. The Labute approximate surface area is 132 Å². The van der Waals surface area contributed by atoms with E-state index in [4.69, 9.17) is 4.74 Å². The molecular weight excluding hydrogens is 260 g/mol. The van der Waals surface area contributed by atoms with Gasteiger partial charge in [0.1, 0.15) is 0 Å². The molecule has 0 aromatic rings. The van der Waals surface area contributed by atoms with Gasteiger partial charge in [0.05, 0.1) is 6.10 Å². The van der Waals surface area contributed by atoms with Crippen LogP contribution in [0.3, 0.4) is 0 Å². The van der Waals surface area contributed by atoms with Crippen molar-refractivity contribution < 1.29 is 4.74 Å². The quantitative estimate of drug-likeness (QED) is 0.748. The van der Waals surface area contributed by atoms with E-state index in [9.17, 15) is 0 Å². The molecule has 0 aliphatic carbocycles. The molecule has 0 bridgehead atoms. The SMILES string of the molecule is CC(C)OCC1CCN(CC2CCN(C(C)C)CC2)CC1. The van der Waals surface area contributed by atoms with E-state index in [1.165, 1.54) is 58.4 Å². The fraction of sp³-hybridized carbons (Fsp3) is 1.00. The van der Waals surface area contributed by atoms with Gasteiger partial charge in [0, 0.05) is 19.2 Å². The van der Waals surface area contributed by atoms with Crippen molar-refractivity contribution in [3.8, 4) is 0 Å². The van der Waals surface area contributed by atoms with E-state index < -0.39 is 0 Å². The van der Waals surface area contributed by atoms with Crippen LogP contribution in [0.2, 0.25) is 0 Å². The summed E-state index contributed by atoms with van der Waals surface area (Å²) in [5.41, 5.74) is 0. The Kier molecular flexibility index (Phi) is 6.97. The maximum atomic E-state index is 5.78. The van der Waals surface area contributed by atoms with Crippen molar-refractivity contribution >= 4 is 0 Å². The largest absolute Gasteiger partial charge is 0.379 e. The summed E-state index contributed by atoms with van der Waals surface area (Å²) in [6, 6.07) is 0.725. The highest BCUT2D eigenvalue weighted by Gasteiger charge is 2.25. The van der Waals surface area contributed by atoms with E-state index in [0.717, 1.165) is 24.5 Å². The Hall–Kier alpha value is -0.120. The molecule has 2 aliphatic rings. The predicted octanol–water partition coefficient (Wildman–Crippen LogP) is 3.24. The summed E-state index contributed by atoms with van der Waals surface area (Å²) in [7, 11) is 0. The average Bonchev–Trinajstić information content (AvgIpc) is 2.47. The molecule has 0 atom stereocenters. The number of nitrogens with zero attached hydrogens (tertiary/aromatic N) is 2. The van der Waals surface area contributed by atoms with Crippen LogP contribution in [0.4, 0.5) is 0 Å². The molecule has 0 unspecified atom stereocenters. The number of hydrogen-bond acceptors (Lipinski definition) is 3. The minimum Gasteiger partial charge on any atom is -0.379 e. The second kappa shape index (κ2) is 8.50. The van der Waals surface area contributed by atoms with Crippen LogP contribution in [0.25, 0.3) is 0 Å². The monoisotopic (exact) mass is 296 g/mol. The van der Waals surface area contributed by atoms with Gasteiger partial charge in [-0.1, -0.05) is 0 Å². The first-order chi connectivity index (χ1) is 10.0. The molecule has 0 aromatic carbocycles. The number of likely N-dealkylation sites (tertiary alicyclic amines) is 2. The molecule has 2 rings (SSSR count). The zero-order valence-electron chi connectivity index (χ0n) is 14.7. The van der Waals surface area contributed by atoms with Gasteiger partial charge in [-0.25, -0.2) is 0 Å². The van der Waals surface area contributed by atoms with Crippen LogP contribution in [-0.4, -0.2) is 61.3 Å². The molecule has 2 aliphatic heterocycles. The number of piperidine rings is 2. The minimum atomic E-state index is 0.383. The van der Waals surface area contributed by atoms with Crippen molar-refractivity contribution in [2.24, 2.45) is 11.8 Å². The summed E-state index contributed by atoms with van der Waals surface area (Å²) >= 11 is 0. The minimum absolute atomic E-state index is 0.383. The number of hydrogen-bond donors (Lipinski definition) is 0. The molecule has 0 aromatic heterocycles. The molecule has 3 nitrogen and oxygen atoms in total. The van der Waals surface area contributed by atoms with E-state index >= 15 is 0 Å². The summed E-state index contributed by atoms with van der Waals surface area (Å²) in [5.74, 6) is 1.73.